The van der Waals surface area contributed by atoms with Gasteiger partial charge in [-0.3, -0.25) is 9.48 Å². The maximum absolute atomic E-state index is 12.5. The van der Waals surface area contributed by atoms with E-state index in [-0.39, 0.29) is 18.7 Å². The van der Waals surface area contributed by atoms with Crippen LogP contribution in [0.25, 0.3) is 0 Å². The summed E-state index contributed by atoms with van der Waals surface area (Å²) in [5, 5.41) is 11.4. The molecule has 1 atom stereocenters. The van der Waals surface area contributed by atoms with Crippen LogP contribution in [0.5, 0.6) is 11.5 Å². The highest BCUT2D eigenvalue weighted by molar-refractivity contribution is 7.07. The van der Waals surface area contributed by atoms with Gasteiger partial charge in [0, 0.05) is 24.5 Å². The summed E-state index contributed by atoms with van der Waals surface area (Å²) in [6, 6.07) is 9.06. The number of hydrogen-bond donors (Lipinski definition) is 1. The van der Waals surface area contributed by atoms with E-state index in [2.05, 4.69) is 15.8 Å². The van der Waals surface area contributed by atoms with Crippen molar-refractivity contribution in [1.29, 1.82) is 0 Å². The molecule has 2 aromatic heterocycles. The SMILES string of the molecule is O=C(NCC(c1ccsc1)n1cccn1)c1ccc2c(c1)OCO2. The number of fused-ring (bicyclic) bond motifs is 1. The molecule has 1 amide bonds. The molecule has 1 unspecified atom stereocenters. The number of aromatic nitrogens is 2. The Kier molecular flexibility index (Phi) is 3.92. The predicted molar refractivity (Wildman–Crippen MR) is 89.6 cm³/mol. The first-order chi connectivity index (χ1) is 11.8. The molecule has 0 bridgehead atoms. The van der Waals surface area contributed by atoms with Crippen LogP contribution in [0, 0.1) is 0 Å². The van der Waals surface area contributed by atoms with Crippen LogP contribution >= 0.6 is 11.3 Å². The van der Waals surface area contributed by atoms with E-state index < -0.39 is 0 Å². The van der Waals surface area contributed by atoms with Crippen molar-refractivity contribution in [2.75, 3.05) is 13.3 Å². The Hall–Kier alpha value is -2.80. The molecule has 0 saturated carbocycles. The molecule has 3 aromatic rings. The number of thiophene rings is 1. The number of carbonyl (C=O) groups excluding carboxylic acids is 1. The lowest BCUT2D eigenvalue weighted by molar-refractivity contribution is 0.0949. The molecule has 0 aliphatic carbocycles. The van der Waals surface area contributed by atoms with E-state index in [0.717, 1.165) is 5.56 Å². The highest BCUT2D eigenvalue weighted by Crippen LogP contribution is 2.32. The smallest absolute Gasteiger partial charge is 0.251 e. The van der Waals surface area contributed by atoms with Crippen LogP contribution in [-0.4, -0.2) is 29.0 Å². The summed E-state index contributed by atoms with van der Waals surface area (Å²) in [4.78, 5) is 12.5. The van der Waals surface area contributed by atoms with Crippen molar-refractivity contribution in [2.45, 2.75) is 6.04 Å². The van der Waals surface area contributed by atoms with Crippen LogP contribution in [-0.2, 0) is 0 Å². The Morgan fingerprint density at radius 3 is 3.04 bits per heavy atom. The topological polar surface area (TPSA) is 65.4 Å². The molecule has 1 N–H and O–H groups in total. The number of nitrogens with zero attached hydrogens (tertiary/aromatic N) is 2. The van der Waals surface area contributed by atoms with Gasteiger partial charge in [0.25, 0.3) is 5.91 Å². The summed E-state index contributed by atoms with van der Waals surface area (Å²) >= 11 is 1.63. The Bertz CT molecular complexity index is 797. The maximum atomic E-state index is 12.5. The van der Waals surface area contributed by atoms with Gasteiger partial charge < -0.3 is 14.8 Å². The number of hydrogen-bond acceptors (Lipinski definition) is 5. The summed E-state index contributed by atoms with van der Waals surface area (Å²) in [5.41, 5.74) is 1.67. The highest BCUT2D eigenvalue weighted by atomic mass is 32.1. The molecule has 1 aliphatic rings. The molecule has 1 aliphatic heterocycles. The summed E-state index contributed by atoms with van der Waals surface area (Å²) in [6.45, 7) is 0.644. The van der Waals surface area contributed by atoms with Gasteiger partial charge in [0.05, 0.1) is 6.04 Å². The molecule has 0 fully saturated rings. The second-order valence-electron chi connectivity index (χ2n) is 5.34. The van der Waals surface area contributed by atoms with Gasteiger partial charge >= 0.3 is 0 Å². The predicted octanol–water partition coefficient (Wildman–Crippen LogP) is 2.69. The second-order valence-corrected chi connectivity index (χ2v) is 6.12. The van der Waals surface area contributed by atoms with E-state index >= 15 is 0 Å². The van der Waals surface area contributed by atoms with E-state index in [4.69, 9.17) is 9.47 Å². The molecular formula is C17H15N3O3S. The molecule has 1 aromatic carbocycles. The number of carbonyl (C=O) groups is 1. The van der Waals surface area contributed by atoms with E-state index in [1.165, 1.54) is 0 Å². The van der Waals surface area contributed by atoms with Gasteiger partial charge in [-0.15, -0.1) is 0 Å². The van der Waals surface area contributed by atoms with Gasteiger partial charge in [-0.2, -0.15) is 16.4 Å². The lowest BCUT2D eigenvalue weighted by Gasteiger charge is -2.17. The monoisotopic (exact) mass is 341 g/mol. The number of ether oxygens (including phenoxy) is 2. The van der Waals surface area contributed by atoms with Crippen LogP contribution in [0.3, 0.4) is 0 Å². The first kappa shape index (κ1) is 14.8. The average Bonchev–Trinajstić information content (AvgIpc) is 3.36. The first-order valence-electron chi connectivity index (χ1n) is 7.50. The maximum Gasteiger partial charge on any atom is 0.251 e. The quantitative estimate of drug-likeness (QED) is 0.775. The van der Waals surface area contributed by atoms with Gasteiger partial charge in [-0.05, 0) is 46.7 Å². The van der Waals surface area contributed by atoms with E-state index in [0.29, 0.717) is 23.6 Å². The van der Waals surface area contributed by atoms with Crippen LogP contribution in [0.4, 0.5) is 0 Å². The average molecular weight is 341 g/mol. The fourth-order valence-corrected chi connectivity index (χ4v) is 3.33. The molecule has 24 heavy (non-hydrogen) atoms. The largest absolute Gasteiger partial charge is 0.454 e. The zero-order valence-corrected chi connectivity index (χ0v) is 13.5. The van der Waals surface area contributed by atoms with Crippen LogP contribution in [0.1, 0.15) is 22.0 Å². The Morgan fingerprint density at radius 2 is 2.25 bits per heavy atom. The highest BCUT2D eigenvalue weighted by Gasteiger charge is 2.19. The van der Waals surface area contributed by atoms with Crippen molar-refractivity contribution in [3.63, 3.8) is 0 Å². The normalized spacial score (nSPS) is 13.7. The molecular weight excluding hydrogens is 326 g/mol. The zero-order valence-electron chi connectivity index (χ0n) is 12.7. The molecule has 4 rings (SSSR count). The van der Waals surface area contributed by atoms with Crippen molar-refractivity contribution in [1.82, 2.24) is 15.1 Å². The van der Waals surface area contributed by atoms with Gasteiger partial charge in [-0.25, -0.2) is 0 Å². The molecule has 6 nitrogen and oxygen atoms in total. The first-order valence-corrected chi connectivity index (χ1v) is 8.44. The lowest BCUT2D eigenvalue weighted by Crippen LogP contribution is -2.31. The van der Waals surface area contributed by atoms with Crippen molar-refractivity contribution < 1.29 is 14.3 Å². The minimum Gasteiger partial charge on any atom is -0.454 e. The Morgan fingerprint density at radius 1 is 1.33 bits per heavy atom. The summed E-state index contributed by atoms with van der Waals surface area (Å²) in [5.74, 6) is 1.11. The minimum absolute atomic E-state index is 0.0378. The molecule has 3 heterocycles. The van der Waals surface area contributed by atoms with Crippen molar-refractivity contribution >= 4 is 17.2 Å². The number of benzene rings is 1. The zero-order chi connectivity index (χ0) is 16.4. The van der Waals surface area contributed by atoms with Crippen LogP contribution in [0.15, 0.2) is 53.5 Å². The number of rotatable bonds is 5. The standard InChI is InChI=1S/C17H15N3O3S/c21-17(12-2-3-15-16(8-12)23-11-22-15)18-9-14(13-4-7-24-10-13)20-6-1-5-19-20/h1-8,10,14H,9,11H2,(H,18,21). The minimum atomic E-state index is -0.152. The summed E-state index contributed by atoms with van der Waals surface area (Å²) in [6.07, 6.45) is 3.63. The van der Waals surface area contributed by atoms with Crippen LogP contribution in [0.2, 0.25) is 0 Å². The number of amides is 1. The van der Waals surface area contributed by atoms with Crippen molar-refractivity contribution in [3.8, 4) is 11.5 Å². The Balaban J connectivity index is 1.49. The van der Waals surface area contributed by atoms with Crippen molar-refractivity contribution in [3.05, 3.63) is 64.6 Å². The molecule has 7 heteroatoms. The van der Waals surface area contributed by atoms with Crippen LogP contribution < -0.4 is 14.8 Å². The van der Waals surface area contributed by atoms with Gasteiger partial charge in [0.15, 0.2) is 11.5 Å². The lowest BCUT2D eigenvalue weighted by atomic mass is 10.1. The summed E-state index contributed by atoms with van der Waals surface area (Å²) in [7, 11) is 0. The fourth-order valence-electron chi connectivity index (χ4n) is 2.62. The van der Waals surface area contributed by atoms with Crippen molar-refractivity contribution in [2.24, 2.45) is 0 Å². The van der Waals surface area contributed by atoms with Gasteiger partial charge in [0.1, 0.15) is 0 Å². The summed E-state index contributed by atoms with van der Waals surface area (Å²) < 4.78 is 12.4. The van der Waals surface area contributed by atoms with Gasteiger partial charge in [-0.1, -0.05) is 0 Å². The molecule has 0 radical (unpaired) electrons. The third-order valence-corrected chi connectivity index (χ3v) is 4.56. The number of nitrogens with one attached hydrogen (secondary N) is 1. The molecule has 0 saturated heterocycles. The molecule has 0 spiro atoms. The molecule has 122 valence electrons. The Labute approximate surface area is 142 Å². The van der Waals surface area contributed by atoms with E-state index in [1.54, 1.807) is 35.7 Å². The third kappa shape index (κ3) is 2.85. The third-order valence-electron chi connectivity index (χ3n) is 3.86. The van der Waals surface area contributed by atoms with E-state index in [1.807, 2.05) is 28.4 Å². The second kappa shape index (κ2) is 6.37. The van der Waals surface area contributed by atoms with Gasteiger partial charge in [0.2, 0.25) is 6.79 Å². The fraction of sp³-hybridized carbons (Fsp3) is 0.176. The van der Waals surface area contributed by atoms with E-state index in [9.17, 15) is 4.79 Å².